The van der Waals surface area contributed by atoms with Gasteiger partial charge in [0.25, 0.3) is 0 Å². The molecule has 0 amide bonds. The molecular weight excluding hydrogens is 174 g/mol. The van der Waals surface area contributed by atoms with Crippen LogP contribution in [0.25, 0.3) is 0 Å². The van der Waals surface area contributed by atoms with E-state index in [1.54, 1.807) is 0 Å². The molecule has 2 heteroatoms. The lowest BCUT2D eigenvalue weighted by Crippen LogP contribution is -2.14. The van der Waals surface area contributed by atoms with Gasteiger partial charge in [0.05, 0.1) is 0 Å². The molecule has 0 aromatic heterocycles. The van der Waals surface area contributed by atoms with Crippen LogP contribution in [0.5, 0.6) is 0 Å². The third-order valence-corrected chi connectivity index (χ3v) is 2.35. The van der Waals surface area contributed by atoms with Crippen LogP contribution < -0.4 is 5.73 Å². The van der Waals surface area contributed by atoms with Crippen molar-refractivity contribution in [3.63, 3.8) is 0 Å². The maximum Gasteiger partial charge on any atom is 0.137 e. The minimum absolute atomic E-state index is 0.327. The summed E-state index contributed by atoms with van der Waals surface area (Å²) in [6.07, 6.45) is 2.04. The van der Waals surface area contributed by atoms with Crippen molar-refractivity contribution in [1.29, 1.82) is 0 Å². The average molecular weight is 191 g/mol. The van der Waals surface area contributed by atoms with Crippen LogP contribution >= 0.6 is 0 Å². The maximum atomic E-state index is 11.1. The first-order valence-corrected chi connectivity index (χ1v) is 5.15. The van der Waals surface area contributed by atoms with E-state index >= 15 is 0 Å². The molecule has 0 heterocycles. The second kappa shape index (κ2) is 4.80. The molecule has 0 unspecified atom stereocenters. The first kappa shape index (κ1) is 10.8. The standard InChI is InChI=1S/C10H11NO.C2H6/c11-10-3-1-2-7-6-8(12)4-5-9(7)10;1-2/h1-3H,4-6,11H2;1-2H3. The Balaban J connectivity index is 0.000000461. The summed E-state index contributed by atoms with van der Waals surface area (Å²) in [5.41, 5.74) is 8.90. The number of hydrogen-bond donors (Lipinski definition) is 1. The highest BCUT2D eigenvalue weighted by Crippen LogP contribution is 2.23. The van der Waals surface area contributed by atoms with Gasteiger partial charge < -0.3 is 5.73 Å². The number of fused-ring (bicyclic) bond motifs is 1. The number of hydrogen-bond acceptors (Lipinski definition) is 2. The lowest BCUT2D eigenvalue weighted by atomic mass is 9.90. The van der Waals surface area contributed by atoms with Gasteiger partial charge in [0, 0.05) is 18.5 Å². The zero-order chi connectivity index (χ0) is 10.6. The molecule has 0 radical (unpaired) electrons. The minimum atomic E-state index is 0.327. The van der Waals surface area contributed by atoms with Gasteiger partial charge in [-0.2, -0.15) is 0 Å². The number of benzene rings is 1. The Labute approximate surface area is 85.1 Å². The lowest BCUT2D eigenvalue weighted by molar-refractivity contribution is -0.118. The summed E-state index contributed by atoms with van der Waals surface area (Å²) < 4.78 is 0. The predicted molar refractivity (Wildman–Crippen MR) is 59.2 cm³/mol. The van der Waals surface area contributed by atoms with E-state index in [0.29, 0.717) is 18.6 Å². The summed E-state index contributed by atoms with van der Waals surface area (Å²) in [6, 6.07) is 5.80. The monoisotopic (exact) mass is 191 g/mol. The summed E-state index contributed by atoms with van der Waals surface area (Å²) in [5.74, 6) is 0.327. The Morgan fingerprint density at radius 1 is 1.21 bits per heavy atom. The number of carbonyl (C=O) groups is 1. The van der Waals surface area contributed by atoms with E-state index < -0.39 is 0 Å². The smallest absolute Gasteiger partial charge is 0.137 e. The molecule has 1 aromatic carbocycles. The molecule has 2 N–H and O–H groups in total. The quantitative estimate of drug-likeness (QED) is 0.640. The zero-order valence-electron chi connectivity index (χ0n) is 8.84. The Bertz CT molecular complexity index is 331. The van der Waals surface area contributed by atoms with E-state index in [4.69, 9.17) is 5.73 Å². The fourth-order valence-corrected chi connectivity index (χ4v) is 1.69. The van der Waals surface area contributed by atoms with E-state index in [-0.39, 0.29) is 0 Å². The molecule has 2 rings (SSSR count). The van der Waals surface area contributed by atoms with Crippen LogP contribution in [-0.4, -0.2) is 5.78 Å². The molecule has 0 aliphatic heterocycles. The van der Waals surface area contributed by atoms with E-state index in [1.165, 1.54) is 5.56 Å². The first-order chi connectivity index (χ1) is 6.77. The molecule has 0 saturated heterocycles. The largest absolute Gasteiger partial charge is 0.398 e. The molecule has 0 saturated carbocycles. The van der Waals surface area contributed by atoms with Gasteiger partial charge in [-0.25, -0.2) is 0 Å². The van der Waals surface area contributed by atoms with Gasteiger partial charge >= 0.3 is 0 Å². The summed E-state index contributed by atoms with van der Waals surface area (Å²) in [7, 11) is 0. The van der Waals surface area contributed by atoms with Crippen LogP contribution in [0.2, 0.25) is 0 Å². The molecule has 0 spiro atoms. The van der Waals surface area contributed by atoms with E-state index in [2.05, 4.69) is 0 Å². The number of nitrogen functional groups attached to an aromatic ring is 1. The van der Waals surface area contributed by atoms with Crippen molar-refractivity contribution < 1.29 is 4.79 Å². The van der Waals surface area contributed by atoms with Crippen LogP contribution in [-0.2, 0) is 17.6 Å². The number of Topliss-reactive ketones (excluding diaryl/α,β-unsaturated/α-hetero) is 1. The van der Waals surface area contributed by atoms with E-state index in [9.17, 15) is 4.79 Å². The fourth-order valence-electron chi connectivity index (χ4n) is 1.69. The number of ketones is 1. The lowest BCUT2D eigenvalue weighted by Gasteiger charge is -2.16. The molecular formula is C12H17NO. The highest BCUT2D eigenvalue weighted by Gasteiger charge is 2.16. The second-order valence-electron chi connectivity index (χ2n) is 3.20. The Hall–Kier alpha value is -1.31. The third-order valence-electron chi connectivity index (χ3n) is 2.35. The number of carbonyl (C=O) groups excluding carboxylic acids is 1. The first-order valence-electron chi connectivity index (χ1n) is 5.15. The number of rotatable bonds is 0. The van der Waals surface area contributed by atoms with E-state index in [1.807, 2.05) is 32.0 Å². The van der Waals surface area contributed by atoms with Gasteiger partial charge in [-0.05, 0) is 23.6 Å². The zero-order valence-corrected chi connectivity index (χ0v) is 8.84. The average Bonchev–Trinajstić information content (AvgIpc) is 2.21. The SMILES string of the molecule is CC.Nc1cccc2c1CCC(=O)C2. The molecule has 14 heavy (non-hydrogen) atoms. The molecule has 1 aromatic rings. The van der Waals surface area contributed by atoms with Gasteiger partial charge in [0.15, 0.2) is 0 Å². The van der Waals surface area contributed by atoms with Crippen molar-refractivity contribution in [1.82, 2.24) is 0 Å². The molecule has 2 nitrogen and oxygen atoms in total. The summed E-state index contributed by atoms with van der Waals surface area (Å²) >= 11 is 0. The summed E-state index contributed by atoms with van der Waals surface area (Å²) in [5, 5.41) is 0. The van der Waals surface area contributed by atoms with Crippen LogP contribution in [0.15, 0.2) is 18.2 Å². The highest BCUT2D eigenvalue weighted by atomic mass is 16.1. The van der Waals surface area contributed by atoms with Crippen molar-refractivity contribution in [2.24, 2.45) is 0 Å². The maximum absolute atomic E-state index is 11.1. The van der Waals surface area contributed by atoms with E-state index in [0.717, 1.165) is 17.7 Å². The predicted octanol–water partition coefficient (Wildman–Crippen LogP) is 2.35. The third kappa shape index (κ3) is 2.13. The summed E-state index contributed by atoms with van der Waals surface area (Å²) in [4.78, 5) is 11.1. The van der Waals surface area contributed by atoms with Crippen LogP contribution in [0.3, 0.4) is 0 Å². The van der Waals surface area contributed by atoms with Gasteiger partial charge in [-0.15, -0.1) is 0 Å². The normalized spacial score (nSPS) is 14.0. The topological polar surface area (TPSA) is 43.1 Å². The second-order valence-corrected chi connectivity index (χ2v) is 3.20. The Kier molecular flexibility index (Phi) is 3.69. The molecule has 0 bridgehead atoms. The van der Waals surface area contributed by atoms with Crippen molar-refractivity contribution in [2.45, 2.75) is 33.1 Å². The Morgan fingerprint density at radius 3 is 2.64 bits per heavy atom. The highest BCUT2D eigenvalue weighted by molar-refractivity contribution is 5.84. The molecule has 0 fully saturated rings. The molecule has 1 aliphatic rings. The molecule has 1 aliphatic carbocycles. The van der Waals surface area contributed by atoms with Crippen LogP contribution in [0.4, 0.5) is 5.69 Å². The molecule has 76 valence electrons. The molecule has 0 atom stereocenters. The van der Waals surface area contributed by atoms with Gasteiger partial charge in [0.1, 0.15) is 5.78 Å². The van der Waals surface area contributed by atoms with Gasteiger partial charge in [0.2, 0.25) is 0 Å². The fraction of sp³-hybridized carbons (Fsp3) is 0.417. The summed E-state index contributed by atoms with van der Waals surface area (Å²) in [6.45, 7) is 4.00. The van der Waals surface area contributed by atoms with Crippen LogP contribution in [0, 0.1) is 0 Å². The van der Waals surface area contributed by atoms with Gasteiger partial charge in [-0.1, -0.05) is 26.0 Å². The number of anilines is 1. The van der Waals surface area contributed by atoms with Crippen LogP contribution in [0.1, 0.15) is 31.4 Å². The van der Waals surface area contributed by atoms with Gasteiger partial charge in [-0.3, -0.25) is 4.79 Å². The van der Waals surface area contributed by atoms with Crippen molar-refractivity contribution in [3.8, 4) is 0 Å². The van der Waals surface area contributed by atoms with Crippen molar-refractivity contribution in [2.75, 3.05) is 5.73 Å². The van der Waals surface area contributed by atoms with Crippen molar-refractivity contribution >= 4 is 11.5 Å². The number of nitrogens with two attached hydrogens (primary N) is 1. The minimum Gasteiger partial charge on any atom is -0.398 e. The Morgan fingerprint density at radius 2 is 1.93 bits per heavy atom. The van der Waals surface area contributed by atoms with Crippen molar-refractivity contribution in [3.05, 3.63) is 29.3 Å².